The molecule has 0 aliphatic carbocycles. The Labute approximate surface area is 184 Å². The van der Waals surface area contributed by atoms with Crippen molar-refractivity contribution < 1.29 is 0 Å². The number of likely N-dealkylation sites (tertiary alicyclic amines) is 1. The lowest BCUT2D eigenvalue weighted by Crippen LogP contribution is -2.43. The summed E-state index contributed by atoms with van der Waals surface area (Å²) in [5, 5.41) is 5.52. The van der Waals surface area contributed by atoms with E-state index in [1.807, 2.05) is 25.2 Å². The highest BCUT2D eigenvalue weighted by Gasteiger charge is 2.27. The minimum Gasteiger partial charge on any atom is -0.361 e. The molecule has 150 valence electrons. The van der Waals surface area contributed by atoms with Gasteiger partial charge >= 0.3 is 0 Å². The molecule has 27 heavy (non-hydrogen) atoms. The molecule has 3 rings (SSSR count). The normalized spacial score (nSPS) is 17.6. The first-order valence-electron chi connectivity index (χ1n) is 9.61. The largest absolute Gasteiger partial charge is 0.361 e. The van der Waals surface area contributed by atoms with Crippen LogP contribution in [0.25, 0.3) is 10.9 Å². The third-order valence-electron chi connectivity index (χ3n) is 5.41. The molecule has 7 heteroatoms. The first-order valence-corrected chi connectivity index (χ1v) is 9.99. The van der Waals surface area contributed by atoms with Gasteiger partial charge in [-0.25, -0.2) is 0 Å². The molecule has 5 nitrogen and oxygen atoms in total. The second-order valence-corrected chi connectivity index (χ2v) is 7.27. The maximum atomic E-state index is 6.14. The zero-order chi connectivity index (χ0) is 18.5. The number of aromatic amines is 1. The van der Waals surface area contributed by atoms with E-state index in [9.17, 15) is 0 Å². The molecule has 1 unspecified atom stereocenters. The minimum atomic E-state index is 0. The summed E-state index contributed by atoms with van der Waals surface area (Å²) in [5.74, 6) is 1.01. The predicted octanol–water partition coefficient (Wildman–Crippen LogP) is 3.97. The predicted molar refractivity (Wildman–Crippen MR) is 127 cm³/mol. The van der Waals surface area contributed by atoms with Gasteiger partial charge in [0.1, 0.15) is 0 Å². The molecule has 0 bridgehead atoms. The summed E-state index contributed by atoms with van der Waals surface area (Å²) in [6.45, 7) is 9.71. The number of rotatable bonds is 6. The molecular formula is C20H31ClIN5. The van der Waals surface area contributed by atoms with Gasteiger partial charge in [-0.1, -0.05) is 25.4 Å². The van der Waals surface area contributed by atoms with Crippen molar-refractivity contribution in [3.63, 3.8) is 0 Å². The Morgan fingerprint density at radius 2 is 2.15 bits per heavy atom. The van der Waals surface area contributed by atoms with Crippen molar-refractivity contribution in [2.45, 2.75) is 32.7 Å². The Balaban J connectivity index is 0.00000261. The van der Waals surface area contributed by atoms with E-state index in [4.69, 9.17) is 11.6 Å². The van der Waals surface area contributed by atoms with Crippen LogP contribution in [-0.4, -0.2) is 66.6 Å². The summed E-state index contributed by atoms with van der Waals surface area (Å²) in [6.07, 6.45) is 4.23. The van der Waals surface area contributed by atoms with Crippen molar-refractivity contribution in [3.05, 3.63) is 35.0 Å². The summed E-state index contributed by atoms with van der Waals surface area (Å²) in [7, 11) is 1.87. The number of H-pyrrole nitrogens is 1. The van der Waals surface area contributed by atoms with Gasteiger partial charge in [0.15, 0.2) is 5.96 Å². The van der Waals surface area contributed by atoms with Gasteiger partial charge in [-0.05, 0) is 49.7 Å². The second kappa shape index (κ2) is 10.5. The molecule has 0 spiro atoms. The average molecular weight is 504 g/mol. The molecule has 2 heterocycles. The summed E-state index contributed by atoms with van der Waals surface area (Å²) >= 11 is 6.14. The van der Waals surface area contributed by atoms with Gasteiger partial charge in [0.2, 0.25) is 0 Å². The number of nitrogens with one attached hydrogen (secondary N) is 2. The summed E-state index contributed by atoms with van der Waals surface area (Å²) in [4.78, 5) is 12.7. The molecule has 0 saturated carbocycles. The van der Waals surface area contributed by atoms with E-state index < -0.39 is 0 Å². The number of aliphatic imine (C=N–C) groups is 1. The van der Waals surface area contributed by atoms with E-state index in [1.165, 1.54) is 17.4 Å². The van der Waals surface area contributed by atoms with E-state index in [-0.39, 0.29) is 24.0 Å². The monoisotopic (exact) mass is 503 g/mol. The van der Waals surface area contributed by atoms with Crippen LogP contribution in [0.3, 0.4) is 0 Å². The first-order chi connectivity index (χ1) is 12.7. The number of fused-ring (bicyclic) bond motifs is 1. The van der Waals surface area contributed by atoms with Gasteiger partial charge in [0, 0.05) is 54.8 Å². The Hall–Kier alpha value is -0.990. The molecule has 0 amide bonds. The van der Waals surface area contributed by atoms with Crippen molar-refractivity contribution in [1.82, 2.24) is 20.1 Å². The van der Waals surface area contributed by atoms with Crippen LogP contribution in [0.4, 0.5) is 0 Å². The maximum Gasteiger partial charge on any atom is 0.193 e. The van der Waals surface area contributed by atoms with Crippen LogP contribution in [-0.2, 0) is 6.42 Å². The summed E-state index contributed by atoms with van der Waals surface area (Å²) in [5.41, 5.74) is 2.42. The van der Waals surface area contributed by atoms with Crippen molar-refractivity contribution in [1.29, 1.82) is 0 Å². The Bertz CT molecular complexity index is 756. The van der Waals surface area contributed by atoms with Gasteiger partial charge in [-0.3, -0.25) is 9.89 Å². The number of hydrogen-bond acceptors (Lipinski definition) is 2. The van der Waals surface area contributed by atoms with E-state index in [2.05, 4.69) is 45.1 Å². The fraction of sp³-hybridized carbons (Fsp3) is 0.550. The van der Waals surface area contributed by atoms with Crippen molar-refractivity contribution in [2.24, 2.45) is 4.99 Å². The SMILES string of the molecule is CCN(CC)C1CCN(C(=NC)NCCc2c[nH]c3ccc(Cl)cc23)C1.I. The molecule has 2 N–H and O–H groups in total. The lowest BCUT2D eigenvalue weighted by atomic mass is 10.1. The smallest absolute Gasteiger partial charge is 0.193 e. The van der Waals surface area contributed by atoms with Crippen molar-refractivity contribution >= 4 is 52.4 Å². The van der Waals surface area contributed by atoms with Crippen LogP contribution in [0.1, 0.15) is 25.8 Å². The third-order valence-corrected chi connectivity index (χ3v) is 5.65. The Kier molecular flexibility index (Phi) is 8.69. The fourth-order valence-electron chi connectivity index (χ4n) is 3.97. The van der Waals surface area contributed by atoms with Crippen molar-refractivity contribution in [3.8, 4) is 0 Å². The standard InChI is InChI=1S/C20H30ClN5.HI/c1-4-25(5-2)17-9-11-26(14-17)20(22-3)23-10-8-15-13-24-19-7-6-16(21)12-18(15)19;/h6-7,12-13,17,24H,4-5,8-11,14H2,1-3H3,(H,22,23);1H. The van der Waals surface area contributed by atoms with Gasteiger partial charge in [-0.2, -0.15) is 0 Å². The molecule has 1 aliphatic rings. The second-order valence-electron chi connectivity index (χ2n) is 6.84. The molecule has 0 radical (unpaired) electrons. The highest BCUT2D eigenvalue weighted by molar-refractivity contribution is 14.0. The van der Waals surface area contributed by atoms with Crippen LogP contribution >= 0.6 is 35.6 Å². The molecule has 1 atom stereocenters. The van der Waals surface area contributed by atoms with Crippen LogP contribution in [0.15, 0.2) is 29.4 Å². The van der Waals surface area contributed by atoms with E-state index >= 15 is 0 Å². The number of aromatic nitrogens is 1. The Morgan fingerprint density at radius 3 is 2.85 bits per heavy atom. The highest BCUT2D eigenvalue weighted by atomic mass is 127. The zero-order valence-electron chi connectivity index (χ0n) is 16.5. The number of halogens is 2. The van der Waals surface area contributed by atoms with E-state index in [0.717, 1.165) is 55.6 Å². The highest BCUT2D eigenvalue weighted by Crippen LogP contribution is 2.22. The third kappa shape index (κ3) is 5.29. The maximum absolute atomic E-state index is 6.14. The van der Waals surface area contributed by atoms with Gasteiger partial charge in [0.25, 0.3) is 0 Å². The lowest BCUT2D eigenvalue weighted by Gasteiger charge is -2.27. The Morgan fingerprint density at radius 1 is 1.37 bits per heavy atom. The van der Waals surface area contributed by atoms with Crippen LogP contribution in [0.5, 0.6) is 0 Å². The van der Waals surface area contributed by atoms with Crippen LogP contribution in [0.2, 0.25) is 5.02 Å². The molecule has 1 aliphatic heterocycles. The van der Waals surface area contributed by atoms with Crippen molar-refractivity contribution in [2.75, 3.05) is 39.8 Å². The number of benzene rings is 1. The van der Waals surface area contributed by atoms with Gasteiger partial charge in [-0.15, -0.1) is 24.0 Å². The quantitative estimate of drug-likeness (QED) is 0.356. The number of guanidine groups is 1. The van der Waals surface area contributed by atoms with Crippen LogP contribution < -0.4 is 5.32 Å². The number of hydrogen-bond donors (Lipinski definition) is 2. The number of nitrogens with zero attached hydrogens (tertiary/aromatic N) is 3. The van der Waals surface area contributed by atoms with Crippen LogP contribution in [0, 0.1) is 0 Å². The minimum absolute atomic E-state index is 0. The van der Waals surface area contributed by atoms with E-state index in [1.54, 1.807) is 0 Å². The summed E-state index contributed by atoms with van der Waals surface area (Å²) < 4.78 is 0. The number of likely N-dealkylation sites (N-methyl/N-ethyl adjacent to an activating group) is 1. The van der Waals surface area contributed by atoms with Gasteiger partial charge < -0.3 is 15.2 Å². The van der Waals surface area contributed by atoms with E-state index in [0.29, 0.717) is 6.04 Å². The molecular weight excluding hydrogens is 473 g/mol. The average Bonchev–Trinajstić information content (AvgIpc) is 3.27. The molecule has 2 aromatic rings. The molecule has 1 aromatic heterocycles. The molecule has 1 fully saturated rings. The molecule has 1 aromatic carbocycles. The topological polar surface area (TPSA) is 46.7 Å². The molecule has 1 saturated heterocycles. The first kappa shape index (κ1) is 22.3. The van der Waals surface area contributed by atoms with Gasteiger partial charge in [0.05, 0.1) is 0 Å². The lowest BCUT2D eigenvalue weighted by molar-refractivity contribution is 0.223. The fourth-order valence-corrected chi connectivity index (χ4v) is 4.14. The summed E-state index contributed by atoms with van der Waals surface area (Å²) in [6, 6.07) is 6.63. The zero-order valence-corrected chi connectivity index (χ0v) is 19.6.